The smallest absolute Gasteiger partial charge is 0.302 e. The molecule has 5 fully saturated rings. The van der Waals surface area contributed by atoms with Gasteiger partial charge in [-0.15, -0.1) is 0 Å². The number of aliphatic hydroxyl groups excluding tert-OH is 1. The monoisotopic (exact) mass is 613 g/mol. The number of rotatable bonds is 8. The Balaban J connectivity index is 1.50. The summed E-state index contributed by atoms with van der Waals surface area (Å²) in [6.07, 6.45) is 10.4. The Kier molecular flexibility index (Phi) is 8.92. The van der Waals surface area contributed by atoms with E-state index in [1.165, 1.54) is 19.4 Å². The van der Waals surface area contributed by atoms with Crippen molar-refractivity contribution >= 4 is 17.8 Å². The highest BCUT2D eigenvalue weighted by atomic mass is 16.6. The zero-order valence-corrected chi connectivity index (χ0v) is 28.6. The number of amides is 1. The number of hydrogen-bond donors (Lipinski definition) is 2. The second-order valence-corrected chi connectivity index (χ2v) is 16.6. The van der Waals surface area contributed by atoms with Gasteiger partial charge in [-0.3, -0.25) is 14.4 Å². The molecular weight excluding hydrogens is 554 g/mol. The van der Waals surface area contributed by atoms with Crippen molar-refractivity contribution in [3.63, 3.8) is 0 Å². The van der Waals surface area contributed by atoms with Gasteiger partial charge in [-0.1, -0.05) is 39.8 Å². The zero-order valence-electron chi connectivity index (χ0n) is 28.6. The van der Waals surface area contributed by atoms with Gasteiger partial charge in [0.2, 0.25) is 5.91 Å². The van der Waals surface area contributed by atoms with Crippen molar-refractivity contribution in [2.24, 2.45) is 56.7 Å². The summed E-state index contributed by atoms with van der Waals surface area (Å²) in [6.45, 7) is 20.3. The molecule has 0 heterocycles. The quantitative estimate of drug-likeness (QED) is 0.181. The number of esters is 2. The van der Waals surface area contributed by atoms with Gasteiger partial charge in [-0.25, -0.2) is 0 Å². The van der Waals surface area contributed by atoms with E-state index < -0.39 is 5.41 Å². The number of aliphatic hydroxyl groups is 1. The van der Waals surface area contributed by atoms with Crippen LogP contribution in [-0.4, -0.2) is 48.8 Å². The summed E-state index contributed by atoms with van der Waals surface area (Å²) in [5.41, 5.74) is 0.677. The van der Waals surface area contributed by atoms with E-state index in [0.717, 1.165) is 64.2 Å². The lowest BCUT2D eigenvalue weighted by Gasteiger charge is -2.73. The van der Waals surface area contributed by atoms with Crippen LogP contribution >= 0.6 is 0 Å². The first-order valence-electron chi connectivity index (χ1n) is 17.5. The third-order valence-corrected chi connectivity index (χ3v) is 14.8. The molecule has 44 heavy (non-hydrogen) atoms. The Labute approximate surface area is 265 Å². The fourth-order valence-corrected chi connectivity index (χ4v) is 12.6. The molecule has 248 valence electrons. The lowest BCUT2D eigenvalue weighted by atomic mass is 9.32. The molecule has 7 nitrogen and oxygen atoms in total. The molecule has 7 heteroatoms. The van der Waals surface area contributed by atoms with E-state index in [4.69, 9.17) is 9.47 Å². The standard InChI is InChI=1S/C37H59NO6/c1-23(2)26-12-17-37(32(42)38-20-9-21-39)19-18-35(7)27(31(26)37)10-11-29-33(5)15-14-30(44-25(4)41)34(6,22-43-24(3)40)28(33)13-16-36(29,35)8/h26-31,39H,1,9-22H2,2-8H3,(H,38,42)/t26-,27?,28+,29+,30?,31+,33-,34-,35+,36+,37-/m0/s1. The maximum atomic E-state index is 14.0. The summed E-state index contributed by atoms with van der Waals surface area (Å²) in [4.78, 5) is 38.2. The van der Waals surface area contributed by atoms with Gasteiger partial charge in [0.15, 0.2) is 0 Å². The molecule has 0 saturated heterocycles. The first-order chi connectivity index (χ1) is 20.6. The summed E-state index contributed by atoms with van der Waals surface area (Å²) < 4.78 is 11.7. The van der Waals surface area contributed by atoms with Gasteiger partial charge >= 0.3 is 11.9 Å². The SMILES string of the molecule is C=C(C)[C@@H]1CC[C@]2(C(=O)NCCCO)CC[C@]3(C)C(CC[C@@H]4[C@@]5(C)CCC(OC(C)=O)[C@@](C)(COC(C)=O)[C@@H]5CC[C@]43C)[C@@H]12. The minimum atomic E-state index is -0.436. The molecule has 0 aromatic rings. The average molecular weight is 614 g/mol. The highest BCUT2D eigenvalue weighted by Gasteiger charge is 2.72. The van der Waals surface area contributed by atoms with E-state index in [1.807, 2.05) is 0 Å². The lowest BCUT2D eigenvalue weighted by Crippen LogP contribution is -2.68. The highest BCUT2D eigenvalue weighted by Crippen LogP contribution is 2.77. The van der Waals surface area contributed by atoms with Crippen molar-refractivity contribution in [1.82, 2.24) is 5.32 Å². The van der Waals surface area contributed by atoms with Gasteiger partial charge < -0.3 is 19.9 Å². The molecule has 5 rings (SSSR count). The van der Waals surface area contributed by atoms with Crippen LogP contribution in [0.25, 0.3) is 0 Å². The molecule has 1 amide bonds. The summed E-state index contributed by atoms with van der Waals surface area (Å²) in [5.74, 6) is 1.54. The zero-order chi connectivity index (χ0) is 32.3. The first kappa shape index (κ1) is 33.5. The van der Waals surface area contributed by atoms with Gasteiger partial charge in [0.25, 0.3) is 0 Å². The molecule has 0 aromatic carbocycles. The van der Waals surface area contributed by atoms with Gasteiger partial charge in [0, 0.05) is 32.4 Å². The van der Waals surface area contributed by atoms with Crippen LogP contribution in [0.4, 0.5) is 0 Å². The van der Waals surface area contributed by atoms with E-state index in [9.17, 15) is 19.5 Å². The molecule has 2 N–H and O–H groups in total. The largest absolute Gasteiger partial charge is 0.465 e. The maximum Gasteiger partial charge on any atom is 0.302 e. The highest BCUT2D eigenvalue weighted by molar-refractivity contribution is 5.84. The third kappa shape index (κ3) is 4.88. The Morgan fingerprint density at radius 2 is 1.57 bits per heavy atom. The predicted molar refractivity (Wildman–Crippen MR) is 170 cm³/mol. The Hall–Kier alpha value is -1.89. The molecule has 0 aliphatic heterocycles. The molecule has 0 aromatic heterocycles. The lowest BCUT2D eigenvalue weighted by molar-refractivity contribution is -0.256. The number of allylic oxidation sites excluding steroid dienone is 1. The minimum Gasteiger partial charge on any atom is -0.465 e. The first-order valence-corrected chi connectivity index (χ1v) is 17.5. The van der Waals surface area contributed by atoms with Gasteiger partial charge in [-0.2, -0.15) is 0 Å². The van der Waals surface area contributed by atoms with Crippen LogP contribution in [0.3, 0.4) is 0 Å². The van der Waals surface area contributed by atoms with E-state index in [-0.39, 0.29) is 64.7 Å². The van der Waals surface area contributed by atoms with Crippen LogP contribution in [0.5, 0.6) is 0 Å². The van der Waals surface area contributed by atoms with E-state index in [1.54, 1.807) is 0 Å². The summed E-state index contributed by atoms with van der Waals surface area (Å²) >= 11 is 0. The molecule has 5 aliphatic rings. The average Bonchev–Trinajstić information content (AvgIpc) is 3.35. The summed E-state index contributed by atoms with van der Waals surface area (Å²) in [6, 6.07) is 0. The Bertz CT molecular complexity index is 1170. The molecular formula is C37H59NO6. The molecule has 0 spiro atoms. The van der Waals surface area contributed by atoms with Gasteiger partial charge in [0.05, 0.1) is 5.41 Å². The van der Waals surface area contributed by atoms with Gasteiger partial charge in [-0.05, 0) is 123 Å². The fourth-order valence-electron chi connectivity index (χ4n) is 12.6. The van der Waals surface area contributed by atoms with Crippen molar-refractivity contribution in [3.8, 4) is 0 Å². The van der Waals surface area contributed by atoms with Gasteiger partial charge in [0.1, 0.15) is 12.7 Å². The van der Waals surface area contributed by atoms with E-state index in [0.29, 0.717) is 36.6 Å². The molecule has 5 saturated carbocycles. The van der Waals surface area contributed by atoms with Crippen LogP contribution in [0.15, 0.2) is 12.2 Å². The predicted octanol–water partition coefficient (Wildman–Crippen LogP) is 6.62. The van der Waals surface area contributed by atoms with E-state index >= 15 is 0 Å². The summed E-state index contributed by atoms with van der Waals surface area (Å²) in [7, 11) is 0. The number of ether oxygens (including phenoxy) is 2. The minimum absolute atomic E-state index is 0.0339. The molecule has 2 unspecified atom stereocenters. The van der Waals surface area contributed by atoms with Crippen molar-refractivity contribution < 1.29 is 29.0 Å². The van der Waals surface area contributed by atoms with Crippen molar-refractivity contribution in [1.29, 1.82) is 0 Å². The van der Waals surface area contributed by atoms with Crippen LogP contribution in [-0.2, 0) is 23.9 Å². The summed E-state index contributed by atoms with van der Waals surface area (Å²) in [5, 5.41) is 12.6. The maximum absolute atomic E-state index is 14.0. The Morgan fingerprint density at radius 3 is 2.20 bits per heavy atom. The van der Waals surface area contributed by atoms with Crippen molar-refractivity contribution in [3.05, 3.63) is 12.2 Å². The van der Waals surface area contributed by atoms with Crippen LogP contribution in [0.2, 0.25) is 0 Å². The molecule has 5 aliphatic carbocycles. The van der Waals surface area contributed by atoms with Crippen LogP contribution in [0.1, 0.15) is 119 Å². The fraction of sp³-hybridized carbons (Fsp3) is 0.865. The topological polar surface area (TPSA) is 102 Å². The number of hydrogen-bond acceptors (Lipinski definition) is 6. The second-order valence-electron chi connectivity index (χ2n) is 16.6. The number of nitrogens with one attached hydrogen (secondary N) is 1. The number of fused-ring (bicyclic) bond motifs is 7. The van der Waals surface area contributed by atoms with Crippen LogP contribution < -0.4 is 5.32 Å². The molecule has 0 bridgehead atoms. The molecule has 11 atom stereocenters. The second kappa shape index (κ2) is 11.7. The number of carbonyl (C=O) groups is 3. The van der Waals surface area contributed by atoms with Crippen LogP contribution in [0, 0.1) is 56.7 Å². The third-order valence-electron chi connectivity index (χ3n) is 14.8. The molecule has 0 radical (unpaired) electrons. The van der Waals surface area contributed by atoms with Crippen molar-refractivity contribution in [2.75, 3.05) is 19.8 Å². The normalized spacial score (nSPS) is 46.0. The Morgan fingerprint density at radius 1 is 0.841 bits per heavy atom. The van der Waals surface area contributed by atoms with E-state index in [2.05, 4.69) is 46.5 Å². The number of carbonyl (C=O) groups excluding carboxylic acids is 3. The van der Waals surface area contributed by atoms with Crippen molar-refractivity contribution in [2.45, 2.75) is 125 Å².